The second kappa shape index (κ2) is 7.55. The van der Waals surface area contributed by atoms with Crippen molar-refractivity contribution in [3.63, 3.8) is 0 Å². The van der Waals surface area contributed by atoms with Gasteiger partial charge in [-0.2, -0.15) is 4.31 Å². The molecule has 2 aromatic carbocycles. The molecule has 6 nitrogen and oxygen atoms in total. The molecule has 2 heterocycles. The molecule has 0 unspecified atom stereocenters. The quantitative estimate of drug-likeness (QED) is 0.748. The Kier molecular flexibility index (Phi) is 5.00. The smallest absolute Gasteiger partial charge is 0.247 e. The minimum Gasteiger partial charge on any atom is -0.497 e. The Morgan fingerprint density at radius 2 is 1.87 bits per heavy atom. The van der Waals surface area contributed by atoms with E-state index in [2.05, 4.69) is 4.90 Å². The number of nitrogens with zero attached hydrogens (tertiary/aromatic N) is 2. The second-order valence-electron chi connectivity index (χ2n) is 8.66. The second-order valence-corrected chi connectivity index (χ2v) is 10.6. The zero-order chi connectivity index (χ0) is 20.8. The molecule has 30 heavy (non-hydrogen) atoms. The van der Waals surface area contributed by atoms with Crippen molar-refractivity contribution >= 4 is 10.0 Å². The molecule has 7 heteroatoms. The van der Waals surface area contributed by atoms with E-state index in [1.54, 1.807) is 29.6 Å². The van der Waals surface area contributed by atoms with Crippen LogP contribution < -0.4 is 9.47 Å². The number of para-hydroxylation sites is 1. The maximum Gasteiger partial charge on any atom is 0.247 e. The van der Waals surface area contributed by atoms with Gasteiger partial charge in [0.2, 0.25) is 10.0 Å². The van der Waals surface area contributed by atoms with E-state index >= 15 is 0 Å². The molecule has 2 fully saturated rings. The Morgan fingerprint density at radius 1 is 1.10 bits per heavy atom. The lowest BCUT2D eigenvalue weighted by Crippen LogP contribution is -2.50. The number of ether oxygens (including phenoxy) is 2. The molecule has 1 saturated heterocycles. The molecule has 1 saturated carbocycles. The van der Waals surface area contributed by atoms with E-state index in [9.17, 15) is 8.42 Å². The number of rotatable bonds is 4. The van der Waals surface area contributed by atoms with E-state index in [1.807, 2.05) is 30.3 Å². The Hall–Kier alpha value is -2.09. The lowest BCUT2D eigenvalue weighted by molar-refractivity contribution is 0.0445. The molecule has 0 bridgehead atoms. The topological polar surface area (TPSA) is 59.1 Å². The molecular formula is C23H28N2O4S. The maximum atomic E-state index is 13.6. The molecule has 160 valence electrons. The normalized spacial score (nSPS) is 26.6. The lowest BCUT2D eigenvalue weighted by Gasteiger charge is -2.37. The van der Waals surface area contributed by atoms with Crippen molar-refractivity contribution in [2.45, 2.75) is 48.8 Å². The molecule has 0 N–H and O–H groups in total. The third-order valence-corrected chi connectivity index (χ3v) is 8.54. The number of hydrogen-bond donors (Lipinski definition) is 0. The highest BCUT2D eigenvalue weighted by molar-refractivity contribution is 7.89. The molecule has 0 aromatic heterocycles. The first kappa shape index (κ1) is 19.8. The number of hydrogen-bond acceptors (Lipinski definition) is 5. The number of sulfonamides is 1. The highest BCUT2D eigenvalue weighted by atomic mass is 32.2. The van der Waals surface area contributed by atoms with Gasteiger partial charge in [0.05, 0.1) is 13.7 Å². The van der Waals surface area contributed by atoms with E-state index in [4.69, 9.17) is 9.47 Å². The summed E-state index contributed by atoms with van der Waals surface area (Å²) in [6.45, 7) is 2.42. The molecule has 3 aliphatic rings. The van der Waals surface area contributed by atoms with E-state index in [1.165, 1.54) is 19.3 Å². The molecule has 1 spiro atoms. The highest BCUT2D eigenvalue weighted by Gasteiger charge is 2.49. The summed E-state index contributed by atoms with van der Waals surface area (Å²) in [5.74, 6) is 1.24. The summed E-state index contributed by atoms with van der Waals surface area (Å²) in [6, 6.07) is 15.3. The number of benzene rings is 2. The van der Waals surface area contributed by atoms with Gasteiger partial charge >= 0.3 is 0 Å². The van der Waals surface area contributed by atoms with Crippen molar-refractivity contribution in [1.82, 2.24) is 9.21 Å². The molecule has 1 aliphatic carbocycles. The molecule has 2 aromatic rings. The fourth-order valence-corrected chi connectivity index (χ4v) is 6.40. The van der Waals surface area contributed by atoms with Gasteiger partial charge in [-0.3, -0.25) is 4.90 Å². The van der Waals surface area contributed by atoms with Gasteiger partial charge in [-0.25, -0.2) is 8.42 Å². The predicted octanol–water partition coefficient (Wildman–Crippen LogP) is 3.28. The SMILES string of the molecule is COc1ccc(CN2C[C@@]3(CCN(C4CCC4)C3)Oc3ccccc3S2(=O)=O)cc1. The third kappa shape index (κ3) is 3.49. The summed E-state index contributed by atoms with van der Waals surface area (Å²) >= 11 is 0. The van der Waals surface area contributed by atoms with Gasteiger partial charge in [0, 0.05) is 32.1 Å². The van der Waals surface area contributed by atoms with Gasteiger partial charge in [0.1, 0.15) is 22.0 Å². The summed E-state index contributed by atoms with van der Waals surface area (Å²) in [5, 5.41) is 0. The molecular weight excluding hydrogens is 400 g/mol. The average molecular weight is 429 g/mol. The molecule has 1 atom stereocenters. The largest absolute Gasteiger partial charge is 0.497 e. The van der Waals surface area contributed by atoms with Crippen LogP contribution in [0.15, 0.2) is 53.4 Å². The van der Waals surface area contributed by atoms with Crippen LogP contribution in [-0.4, -0.2) is 56.0 Å². The fourth-order valence-electron chi connectivity index (χ4n) is 4.79. The van der Waals surface area contributed by atoms with Gasteiger partial charge in [-0.15, -0.1) is 0 Å². The van der Waals surface area contributed by atoms with Crippen molar-refractivity contribution in [1.29, 1.82) is 0 Å². The van der Waals surface area contributed by atoms with Crippen LogP contribution in [0.5, 0.6) is 11.5 Å². The van der Waals surface area contributed by atoms with Crippen LogP contribution in [0.25, 0.3) is 0 Å². The van der Waals surface area contributed by atoms with Gasteiger partial charge < -0.3 is 9.47 Å². The number of fused-ring (bicyclic) bond motifs is 1. The number of likely N-dealkylation sites (tertiary alicyclic amines) is 1. The minimum atomic E-state index is -3.67. The fraction of sp³-hybridized carbons (Fsp3) is 0.478. The van der Waals surface area contributed by atoms with Crippen molar-refractivity contribution in [2.75, 3.05) is 26.7 Å². The van der Waals surface area contributed by atoms with Gasteiger partial charge in [-0.05, 0) is 42.7 Å². The lowest BCUT2D eigenvalue weighted by atomic mass is 9.91. The maximum absolute atomic E-state index is 13.6. The molecule has 2 aliphatic heterocycles. The van der Waals surface area contributed by atoms with Gasteiger partial charge in [-0.1, -0.05) is 30.7 Å². The van der Waals surface area contributed by atoms with E-state index < -0.39 is 15.6 Å². The van der Waals surface area contributed by atoms with Crippen LogP contribution in [0.4, 0.5) is 0 Å². The Morgan fingerprint density at radius 3 is 2.57 bits per heavy atom. The summed E-state index contributed by atoms with van der Waals surface area (Å²) in [5.41, 5.74) is 0.421. The third-order valence-electron chi connectivity index (χ3n) is 6.71. The zero-order valence-corrected chi connectivity index (χ0v) is 18.1. The van der Waals surface area contributed by atoms with Crippen LogP contribution in [-0.2, 0) is 16.6 Å². The first-order valence-corrected chi connectivity index (χ1v) is 12.1. The van der Waals surface area contributed by atoms with Crippen LogP contribution in [0.1, 0.15) is 31.2 Å². The Balaban J connectivity index is 1.49. The molecule has 5 rings (SSSR count). The average Bonchev–Trinajstić information content (AvgIpc) is 3.06. The monoisotopic (exact) mass is 428 g/mol. The minimum absolute atomic E-state index is 0.262. The Labute approximate surface area is 178 Å². The molecule has 0 radical (unpaired) electrons. The standard InChI is InChI=1S/C23H28N2O4S/c1-28-20-11-9-18(10-12-20)15-25-17-23(13-14-24(16-23)19-5-4-6-19)29-21-7-2-3-8-22(21)30(25,26)27/h2-3,7-12,19H,4-6,13-17H2,1H3/t23-/m0/s1. The van der Waals surface area contributed by atoms with E-state index in [0.717, 1.165) is 30.8 Å². The predicted molar refractivity (Wildman–Crippen MR) is 114 cm³/mol. The Bertz CT molecular complexity index is 1020. The van der Waals surface area contributed by atoms with Crippen molar-refractivity contribution < 1.29 is 17.9 Å². The highest BCUT2D eigenvalue weighted by Crippen LogP contribution is 2.41. The zero-order valence-electron chi connectivity index (χ0n) is 17.3. The first-order valence-electron chi connectivity index (χ1n) is 10.6. The van der Waals surface area contributed by atoms with Crippen LogP contribution in [0.3, 0.4) is 0 Å². The summed E-state index contributed by atoms with van der Waals surface area (Å²) < 4.78 is 40.5. The van der Waals surface area contributed by atoms with Crippen LogP contribution in [0.2, 0.25) is 0 Å². The number of methoxy groups -OCH3 is 1. The van der Waals surface area contributed by atoms with E-state index in [0.29, 0.717) is 24.9 Å². The van der Waals surface area contributed by atoms with Crippen molar-refractivity contribution in [2.24, 2.45) is 0 Å². The van der Waals surface area contributed by atoms with Gasteiger partial charge in [0.25, 0.3) is 0 Å². The van der Waals surface area contributed by atoms with Crippen LogP contribution >= 0.6 is 0 Å². The van der Waals surface area contributed by atoms with Crippen molar-refractivity contribution in [3.8, 4) is 11.5 Å². The van der Waals surface area contributed by atoms with Crippen LogP contribution in [0, 0.1) is 0 Å². The van der Waals surface area contributed by atoms with E-state index in [-0.39, 0.29) is 4.90 Å². The summed E-state index contributed by atoms with van der Waals surface area (Å²) in [4.78, 5) is 2.76. The van der Waals surface area contributed by atoms with Gasteiger partial charge in [0.15, 0.2) is 0 Å². The first-order chi connectivity index (χ1) is 14.5. The summed E-state index contributed by atoms with van der Waals surface area (Å²) in [7, 11) is -2.04. The summed E-state index contributed by atoms with van der Waals surface area (Å²) in [6.07, 6.45) is 4.60. The molecule has 0 amide bonds. The van der Waals surface area contributed by atoms with Crippen molar-refractivity contribution in [3.05, 3.63) is 54.1 Å².